The Kier molecular flexibility index (Phi) is 2.75. The molecule has 1 aliphatic rings. The van der Waals surface area contributed by atoms with Crippen molar-refractivity contribution in [3.63, 3.8) is 0 Å². The molecule has 1 saturated heterocycles. The molecule has 1 unspecified atom stereocenters. The highest BCUT2D eigenvalue weighted by Gasteiger charge is 2.19. The molecule has 0 aliphatic carbocycles. The van der Waals surface area contributed by atoms with Gasteiger partial charge in [0.2, 0.25) is 0 Å². The summed E-state index contributed by atoms with van der Waals surface area (Å²) >= 11 is 0. The van der Waals surface area contributed by atoms with Gasteiger partial charge >= 0.3 is 0 Å². The number of anilines is 2. The molecular formula is C11H18N4. The fourth-order valence-corrected chi connectivity index (χ4v) is 2.15. The molecule has 1 aromatic heterocycles. The Morgan fingerprint density at radius 2 is 2.27 bits per heavy atom. The third-order valence-corrected chi connectivity index (χ3v) is 3.05. The fourth-order valence-electron chi connectivity index (χ4n) is 2.15. The standard InChI is InChI=1S/C11H18N4/c1-8-4-3-5-15(6-8)11-9(2)10(12)13-7-14-11/h7-8H,3-6H2,1-2H3,(H2,12,13,14). The summed E-state index contributed by atoms with van der Waals surface area (Å²) < 4.78 is 0. The van der Waals surface area contributed by atoms with Gasteiger partial charge in [-0.25, -0.2) is 9.97 Å². The molecule has 1 aromatic rings. The molecule has 0 aromatic carbocycles. The molecule has 2 N–H and O–H groups in total. The van der Waals surface area contributed by atoms with Crippen molar-refractivity contribution in [1.82, 2.24) is 9.97 Å². The lowest BCUT2D eigenvalue weighted by molar-refractivity contribution is 0.444. The molecule has 4 heteroatoms. The Bertz CT molecular complexity index is 350. The quantitative estimate of drug-likeness (QED) is 0.758. The Balaban J connectivity index is 2.24. The number of hydrogen-bond acceptors (Lipinski definition) is 4. The maximum atomic E-state index is 5.78. The van der Waals surface area contributed by atoms with E-state index in [-0.39, 0.29) is 0 Å². The van der Waals surface area contributed by atoms with E-state index in [1.807, 2.05) is 6.92 Å². The second-order valence-electron chi connectivity index (χ2n) is 4.40. The predicted molar refractivity (Wildman–Crippen MR) is 61.8 cm³/mol. The molecule has 0 saturated carbocycles. The van der Waals surface area contributed by atoms with Crippen LogP contribution in [0.15, 0.2) is 6.33 Å². The first kappa shape index (κ1) is 10.2. The van der Waals surface area contributed by atoms with Crippen molar-refractivity contribution in [3.8, 4) is 0 Å². The van der Waals surface area contributed by atoms with Gasteiger partial charge in [-0.05, 0) is 25.7 Å². The average Bonchev–Trinajstić information content (AvgIpc) is 2.22. The van der Waals surface area contributed by atoms with E-state index in [1.165, 1.54) is 12.8 Å². The van der Waals surface area contributed by atoms with Gasteiger partial charge in [-0.1, -0.05) is 6.92 Å². The van der Waals surface area contributed by atoms with Gasteiger partial charge in [-0.3, -0.25) is 0 Å². The maximum absolute atomic E-state index is 5.78. The van der Waals surface area contributed by atoms with E-state index < -0.39 is 0 Å². The van der Waals surface area contributed by atoms with E-state index in [2.05, 4.69) is 21.8 Å². The fraction of sp³-hybridized carbons (Fsp3) is 0.636. The van der Waals surface area contributed by atoms with Crippen LogP contribution < -0.4 is 10.6 Å². The average molecular weight is 206 g/mol. The zero-order chi connectivity index (χ0) is 10.8. The number of hydrogen-bond donors (Lipinski definition) is 1. The van der Waals surface area contributed by atoms with Gasteiger partial charge in [-0.15, -0.1) is 0 Å². The largest absolute Gasteiger partial charge is 0.383 e. The Morgan fingerprint density at radius 3 is 3.00 bits per heavy atom. The van der Waals surface area contributed by atoms with E-state index in [4.69, 9.17) is 5.73 Å². The molecule has 1 fully saturated rings. The van der Waals surface area contributed by atoms with E-state index in [9.17, 15) is 0 Å². The lowest BCUT2D eigenvalue weighted by atomic mass is 10.00. The van der Waals surface area contributed by atoms with E-state index in [1.54, 1.807) is 6.33 Å². The van der Waals surface area contributed by atoms with Crippen LogP contribution >= 0.6 is 0 Å². The minimum absolute atomic E-state index is 0.596. The van der Waals surface area contributed by atoms with Gasteiger partial charge in [0, 0.05) is 18.7 Å². The van der Waals surface area contributed by atoms with Crippen LogP contribution in [0.1, 0.15) is 25.3 Å². The molecule has 1 atom stereocenters. The van der Waals surface area contributed by atoms with Crippen molar-refractivity contribution in [2.75, 3.05) is 23.7 Å². The summed E-state index contributed by atoms with van der Waals surface area (Å²) in [5, 5.41) is 0. The van der Waals surface area contributed by atoms with Crippen LogP contribution in [0.25, 0.3) is 0 Å². The lowest BCUT2D eigenvalue weighted by Crippen LogP contribution is -2.35. The molecule has 1 aliphatic heterocycles. The first-order valence-corrected chi connectivity index (χ1v) is 5.50. The summed E-state index contributed by atoms with van der Waals surface area (Å²) in [4.78, 5) is 10.6. The highest BCUT2D eigenvalue weighted by atomic mass is 15.2. The summed E-state index contributed by atoms with van der Waals surface area (Å²) in [7, 11) is 0. The van der Waals surface area contributed by atoms with Crippen molar-refractivity contribution < 1.29 is 0 Å². The van der Waals surface area contributed by atoms with Crippen LogP contribution in [0.5, 0.6) is 0 Å². The van der Waals surface area contributed by atoms with Crippen LogP contribution in [0.3, 0.4) is 0 Å². The topological polar surface area (TPSA) is 55.0 Å². The Hall–Kier alpha value is -1.32. The number of rotatable bonds is 1. The van der Waals surface area contributed by atoms with E-state index in [0.29, 0.717) is 5.82 Å². The Labute approximate surface area is 90.5 Å². The minimum atomic E-state index is 0.596. The number of piperidine rings is 1. The van der Waals surface area contributed by atoms with Gasteiger partial charge in [0.1, 0.15) is 18.0 Å². The normalized spacial score (nSPS) is 21.7. The highest BCUT2D eigenvalue weighted by molar-refractivity contribution is 5.55. The van der Waals surface area contributed by atoms with Crippen molar-refractivity contribution >= 4 is 11.6 Å². The van der Waals surface area contributed by atoms with E-state index >= 15 is 0 Å². The van der Waals surface area contributed by atoms with Crippen molar-refractivity contribution in [2.24, 2.45) is 5.92 Å². The van der Waals surface area contributed by atoms with Crippen LogP contribution in [0, 0.1) is 12.8 Å². The summed E-state index contributed by atoms with van der Waals surface area (Å²) in [5.41, 5.74) is 6.79. The molecule has 0 radical (unpaired) electrons. The Morgan fingerprint density at radius 1 is 1.47 bits per heavy atom. The van der Waals surface area contributed by atoms with Gasteiger partial charge in [0.15, 0.2) is 0 Å². The first-order valence-electron chi connectivity index (χ1n) is 5.50. The predicted octanol–water partition coefficient (Wildman–Crippen LogP) is 1.60. The smallest absolute Gasteiger partial charge is 0.137 e. The third kappa shape index (κ3) is 2.03. The zero-order valence-corrected chi connectivity index (χ0v) is 9.40. The molecule has 82 valence electrons. The number of nitrogen functional groups attached to an aromatic ring is 1. The zero-order valence-electron chi connectivity index (χ0n) is 9.40. The second-order valence-corrected chi connectivity index (χ2v) is 4.40. The van der Waals surface area contributed by atoms with Gasteiger partial charge < -0.3 is 10.6 Å². The molecular weight excluding hydrogens is 188 g/mol. The molecule has 15 heavy (non-hydrogen) atoms. The summed E-state index contributed by atoms with van der Waals surface area (Å²) in [6.07, 6.45) is 4.11. The van der Waals surface area contributed by atoms with Gasteiger partial charge in [-0.2, -0.15) is 0 Å². The first-order chi connectivity index (χ1) is 7.18. The summed E-state index contributed by atoms with van der Waals surface area (Å²) in [6, 6.07) is 0. The number of nitrogens with two attached hydrogens (primary N) is 1. The maximum Gasteiger partial charge on any atom is 0.137 e. The van der Waals surface area contributed by atoms with Crippen LogP contribution in [0.4, 0.5) is 11.6 Å². The number of aromatic nitrogens is 2. The molecule has 0 bridgehead atoms. The lowest BCUT2D eigenvalue weighted by Gasteiger charge is -2.32. The van der Waals surface area contributed by atoms with Crippen LogP contribution in [0.2, 0.25) is 0 Å². The second kappa shape index (κ2) is 4.04. The molecule has 0 spiro atoms. The van der Waals surface area contributed by atoms with Gasteiger partial charge in [0.25, 0.3) is 0 Å². The van der Waals surface area contributed by atoms with Crippen molar-refractivity contribution in [1.29, 1.82) is 0 Å². The van der Waals surface area contributed by atoms with Crippen LogP contribution in [-0.4, -0.2) is 23.1 Å². The minimum Gasteiger partial charge on any atom is -0.383 e. The molecule has 4 nitrogen and oxygen atoms in total. The molecule has 2 heterocycles. The number of nitrogens with zero attached hydrogens (tertiary/aromatic N) is 3. The van der Waals surface area contributed by atoms with Crippen molar-refractivity contribution in [3.05, 3.63) is 11.9 Å². The molecule has 2 rings (SSSR count). The van der Waals surface area contributed by atoms with Gasteiger partial charge in [0.05, 0.1) is 0 Å². The van der Waals surface area contributed by atoms with E-state index in [0.717, 1.165) is 30.4 Å². The summed E-state index contributed by atoms with van der Waals surface area (Å²) in [6.45, 7) is 6.44. The van der Waals surface area contributed by atoms with Crippen molar-refractivity contribution in [2.45, 2.75) is 26.7 Å². The molecule has 0 amide bonds. The van der Waals surface area contributed by atoms with Crippen LogP contribution in [-0.2, 0) is 0 Å². The summed E-state index contributed by atoms with van der Waals surface area (Å²) in [5.74, 6) is 2.35. The highest BCUT2D eigenvalue weighted by Crippen LogP contribution is 2.25. The SMILES string of the molecule is Cc1c(N)ncnc1N1CCCC(C)C1. The third-order valence-electron chi connectivity index (χ3n) is 3.05. The monoisotopic (exact) mass is 206 g/mol.